The molecule has 86 valence electrons. The second-order valence-electron chi connectivity index (χ2n) is 3.50. The number of methoxy groups -OCH3 is 1. The quantitative estimate of drug-likeness (QED) is 0.645. The highest BCUT2D eigenvalue weighted by Crippen LogP contribution is 2.14. The zero-order chi connectivity index (χ0) is 12.3. The summed E-state index contributed by atoms with van der Waals surface area (Å²) in [5.41, 5.74) is 1.34. The molecule has 0 atom stereocenters. The molecule has 0 unspecified atom stereocenters. The van der Waals surface area contributed by atoms with Gasteiger partial charge in [-0.3, -0.25) is 9.59 Å². The molecular weight excluding hydrogens is 218 g/mol. The summed E-state index contributed by atoms with van der Waals surface area (Å²) in [4.78, 5) is 25.2. The minimum absolute atomic E-state index is 0.152. The lowest BCUT2D eigenvalue weighted by molar-refractivity contribution is 0.103. The molecule has 2 rings (SSSR count). The molecule has 2 aromatic rings. The number of carbonyl (C=O) groups excluding carboxylic acids is 2. The molecule has 0 aliphatic heterocycles. The van der Waals surface area contributed by atoms with Crippen LogP contribution in [0.4, 0.5) is 0 Å². The number of aromatic nitrogens is 1. The van der Waals surface area contributed by atoms with Gasteiger partial charge in [0.05, 0.1) is 18.5 Å². The first-order valence-corrected chi connectivity index (χ1v) is 5.07. The fourth-order valence-electron chi connectivity index (χ4n) is 1.51. The second-order valence-corrected chi connectivity index (χ2v) is 3.50. The van der Waals surface area contributed by atoms with Crippen molar-refractivity contribution in [3.63, 3.8) is 0 Å². The van der Waals surface area contributed by atoms with E-state index in [1.54, 1.807) is 43.5 Å². The van der Waals surface area contributed by atoms with Crippen molar-refractivity contribution < 1.29 is 14.3 Å². The number of hydrogen-bond donors (Lipinski definition) is 1. The summed E-state index contributed by atoms with van der Waals surface area (Å²) in [5.74, 6) is 0.544. The first-order valence-electron chi connectivity index (χ1n) is 5.07. The van der Waals surface area contributed by atoms with Gasteiger partial charge in [0.2, 0.25) is 5.78 Å². The Morgan fingerprint density at radius 2 is 1.88 bits per heavy atom. The number of ether oxygens (including phenoxy) is 1. The molecule has 17 heavy (non-hydrogen) atoms. The van der Waals surface area contributed by atoms with Crippen LogP contribution in [0.5, 0.6) is 5.75 Å². The van der Waals surface area contributed by atoms with Gasteiger partial charge in [0, 0.05) is 5.56 Å². The Morgan fingerprint density at radius 3 is 2.41 bits per heavy atom. The molecule has 0 radical (unpaired) electrons. The van der Waals surface area contributed by atoms with Crippen LogP contribution >= 0.6 is 0 Å². The van der Waals surface area contributed by atoms with E-state index in [-0.39, 0.29) is 5.78 Å². The molecule has 1 heterocycles. The topological polar surface area (TPSA) is 59.2 Å². The van der Waals surface area contributed by atoms with E-state index in [1.807, 2.05) is 0 Å². The van der Waals surface area contributed by atoms with Crippen molar-refractivity contribution >= 4 is 12.1 Å². The van der Waals surface area contributed by atoms with Crippen LogP contribution in [0, 0.1) is 0 Å². The minimum atomic E-state index is -0.152. The van der Waals surface area contributed by atoms with Crippen molar-refractivity contribution in [3.8, 4) is 5.75 Å². The van der Waals surface area contributed by atoms with E-state index in [4.69, 9.17) is 4.74 Å². The van der Waals surface area contributed by atoms with E-state index in [0.717, 1.165) is 0 Å². The zero-order valence-electron chi connectivity index (χ0n) is 9.27. The zero-order valence-corrected chi connectivity index (χ0v) is 9.27. The van der Waals surface area contributed by atoms with Crippen LogP contribution in [0.25, 0.3) is 0 Å². The number of hydrogen-bond acceptors (Lipinski definition) is 3. The van der Waals surface area contributed by atoms with Gasteiger partial charge in [-0.2, -0.15) is 0 Å². The Hall–Kier alpha value is -2.36. The number of rotatable bonds is 4. The van der Waals surface area contributed by atoms with E-state index < -0.39 is 0 Å². The third-order valence-electron chi connectivity index (χ3n) is 2.43. The lowest BCUT2D eigenvalue weighted by Gasteiger charge is -2.01. The summed E-state index contributed by atoms with van der Waals surface area (Å²) in [7, 11) is 1.57. The van der Waals surface area contributed by atoms with Gasteiger partial charge < -0.3 is 9.72 Å². The fraction of sp³-hybridized carbons (Fsp3) is 0.0769. The van der Waals surface area contributed by atoms with E-state index in [0.29, 0.717) is 29.0 Å². The maximum atomic E-state index is 12.0. The molecule has 1 N–H and O–H groups in total. The molecule has 0 aliphatic rings. The molecule has 1 aromatic heterocycles. The Balaban J connectivity index is 2.26. The van der Waals surface area contributed by atoms with Crippen molar-refractivity contribution in [2.24, 2.45) is 0 Å². The average Bonchev–Trinajstić information content (AvgIpc) is 2.87. The standard InChI is InChI=1S/C13H11NO3/c1-17-11-5-2-9(3-6-11)13(16)12-7-4-10(8-15)14-12/h2-8,14H,1H3. The van der Waals surface area contributed by atoms with E-state index in [2.05, 4.69) is 4.98 Å². The number of nitrogens with one attached hydrogen (secondary N) is 1. The van der Waals surface area contributed by atoms with Crippen LogP contribution in [-0.4, -0.2) is 24.2 Å². The van der Waals surface area contributed by atoms with E-state index in [9.17, 15) is 9.59 Å². The van der Waals surface area contributed by atoms with Gasteiger partial charge in [-0.05, 0) is 36.4 Å². The van der Waals surface area contributed by atoms with Crippen LogP contribution in [0.2, 0.25) is 0 Å². The lowest BCUT2D eigenvalue weighted by Crippen LogP contribution is -2.01. The molecule has 0 aliphatic carbocycles. The number of benzene rings is 1. The average molecular weight is 229 g/mol. The first kappa shape index (κ1) is 11.1. The highest BCUT2D eigenvalue weighted by molar-refractivity contribution is 6.08. The predicted molar refractivity (Wildman–Crippen MR) is 62.6 cm³/mol. The molecule has 0 bridgehead atoms. The summed E-state index contributed by atoms with van der Waals surface area (Å²) >= 11 is 0. The summed E-state index contributed by atoms with van der Waals surface area (Å²) in [6.45, 7) is 0. The molecule has 4 heteroatoms. The maximum Gasteiger partial charge on any atom is 0.209 e. The highest BCUT2D eigenvalue weighted by Gasteiger charge is 2.10. The summed E-state index contributed by atoms with van der Waals surface area (Å²) in [5, 5.41) is 0. The van der Waals surface area contributed by atoms with E-state index in [1.165, 1.54) is 0 Å². The molecule has 1 aromatic carbocycles. The Labute approximate surface area is 98.2 Å². The third kappa shape index (κ3) is 2.25. The maximum absolute atomic E-state index is 12.0. The molecule has 0 amide bonds. The van der Waals surface area contributed by atoms with Gasteiger partial charge in [-0.1, -0.05) is 0 Å². The summed E-state index contributed by atoms with van der Waals surface area (Å²) in [6.07, 6.45) is 0.671. The fourth-order valence-corrected chi connectivity index (χ4v) is 1.51. The molecular formula is C13H11NO3. The van der Waals surface area contributed by atoms with Crippen LogP contribution in [0.1, 0.15) is 26.5 Å². The third-order valence-corrected chi connectivity index (χ3v) is 2.43. The van der Waals surface area contributed by atoms with Gasteiger partial charge in [-0.15, -0.1) is 0 Å². The van der Waals surface area contributed by atoms with Crippen molar-refractivity contribution in [1.82, 2.24) is 4.98 Å². The van der Waals surface area contributed by atoms with Gasteiger partial charge in [0.1, 0.15) is 5.75 Å². The first-order chi connectivity index (χ1) is 8.24. The van der Waals surface area contributed by atoms with Crippen LogP contribution in [0.3, 0.4) is 0 Å². The van der Waals surface area contributed by atoms with Gasteiger partial charge in [-0.25, -0.2) is 0 Å². The highest BCUT2D eigenvalue weighted by atomic mass is 16.5. The molecule has 4 nitrogen and oxygen atoms in total. The largest absolute Gasteiger partial charge is 0.497 e. The Bertz CT molecular complexity index is 540. The smallest absolute Gasteiger partial charge is 0.209 e. The number of ketones is 1. The number of aldehydes is 1. The molecule has 0 saturated carbocycles. The van der Waals surface area contributed by atoms with Crippen LogP contribution < -0.4 is 4.74 Å². The van der Waals surface area contributed by atoms with Gasteiger partial charge in [0.15, 0.2) is 6.29 Å². The number of aromatic amines is 1. The molecule has 0 fully saturated rings. The van der Waals surface area contributed by atoms with Crippen molar-refractivity contribution in [2.75, 3.05) is 7.11 Å². The van der Waals surface area contributed by atoms with Gasteiger partial charge >= 0.3 is 0 Å². The Morgan fingerprint density at radius 1 is 1.18 bits per heavy atom. The SMILES string of the molecule is COc1ccc(C(=O)c2ccc(C=O)[nH]2)cc1. The predicted octanol–water partition coefficient (Wildman–Crippen LogP) is 2.07. The van der Waals surface area contributed by atoms with Crippen molar-refractivity contribution in [2.45, 2.75) is 0 Å². The summed E-state index contributed by atoms with van der Waals surface area (Å²) < 4.78 is 5.01. The second kappa shape index (κ2) is 4.65. The normalized spacial score (nSPS) is 9.94. The molecule has 0 spiro atoms. The van der Waals surface area contributed by atoms with Crippen molar-refractivity contribution in [3.05, 3.63) is 53.3 Å². The number of H-pyrrole nitrogens is 1. The van der Waals surface area contributed by atoms with Crippen LogP contribution in [0.15, 0.2) is 36.4 Å². The lowest BCUT2D eigenvalue weighted by atomic mass is 10.1. The number of carbonyl (C=O) groups is 2. The van der Waals surface area contributed by atoms with Crippen molar-refractivity contribution in [1.29, 1.82) is 0 Å². The van der Waals surface area contributed by atoms with Crippen LogP contribution in [-0.2, 0) is 0 Å². The molecule has 0 saturated heterocycles. The van der Waals surface area contributed by atoms with E-state index >= 15 is 0 Å². The monoisotopic (exact) mass is 229 g/mol. The summed E-state index contributed by atoms with van der Waals surface area (Å²) in [6, 6.07) is 9.97. The Kier molecular flexibility index (Phi) is 3.05. The van der Waals surface area contributed by atoms with Gasteiger partial charge in [0.25, 0.3) is 0 Å². The minimum Gasteiger partial charge on any atom is -0.497 e.